The third-order valence-electron chi connectivity index (χ3n) is 2.26. The van der Waals surface area contributed by atoms with Gasteiger partial charge in [0.1, 0.15) is 4.88 Å². The van der Waals surface area contributed by atoms with E-state index >= 15 is 0 Å². The predicted molar refractivity (Wildman–Crippen MR) is 52.6 cm³/mol. The minimum atomic E-state index is -0.00120. The van der Waals surface area contributed by atoms with Gasteiger partial charge >= 0.3 is 0 Å². The fraction of sp³-hybridized carbons (Fsp3) is 0.111. The quantitative estimate of drug-likeness (QED) is 0.702. The summed E-state index contributed by atoms with van der Waals surface area (Å²) in [5.41, 5.74) is 1.94. The van der Waals surface area contributed by atoms with Crippen molar-refractivity contribution in [1.29, 1.82) is 0 Å². The summed E-state index contributed by atoms with van der Waals surface area (Å²) in [4.78, 5) is 16.4. The first-order chi connectivity index (χ1) is 6.86. The summed E-state index contributed by atoms with van der Waals surface area (Å²) >= 11 is 1.45. The molecular weight excluding hydrogens is 198 g/mol. The summed E-state index contributed by atoms with van der Waals surface area (Å²) in [6.07, 6.45) is 3.51. The summed E-state index contributed by atoms with van der Waals surface area (Å²) in [5, 5.41) is 4.76. The molecule has 1 aliphatic rings. The number of nitrogens with one attached hydrogen (secondary N) is 1. The van der Waals surface area contributed by atoms with Crippen molar-refractivity contribution in [2.24, 2.45) is 0 Å². The van der Waals surface area contributed by atoms with Gasteiger partial charge in [-0.2, -0.15) is 0 Å². The molecule has 0 atom stereocenters. The maximum atomic E-state index is 11.6. The summed E-state index contributed by atoms with van der Waals surface area (Å²) in [6, 6.07) is 1.94. The van der Waals surface area contributed by atoms with Crippen LogP contribution in [0, 0.1) is 0 Å². The average molecular weight is 205 g/mol. The zero-order valence-corrected chi connectivity index (χ0v) is 8.04. The Balaban J connectivity index is 2.31. The van der Waals surface area contributed by atoms with Crippen LogP contribution in [0.3, 0.4) is 0 Å². The van der Waals surface area contributed by atoms with E-state index in [0.717, 1.165) is 16.3 Å². The van der Waals surface area contributed by atoms with Crippen LogP contribution in [-0.4, -0.2) is 15.5 Å². The van der Waals surface area contributed by atoms with Crippen LogP contribution in [0.2, 0.25) is 0 Å². The number of hydrogen-bond donors (Lipinski definition) is 1. The Morgan fingerprint density at radius 3 is 3.43 bits per heavy atom. The van der Waals surface area contributed by atoms with Gasteiger partial charge < -0.3 is 5.32 Å². The normalized spacial score (nSPS) is 14.1. The molecule has 0 radical (unpaired) electrons. The van der Waals surface area contributed by atoms with Crippen molar-refractivity contribution in [2.45, 2.75) is 6.54 Å². The van der Waals surface area contributed by atoms with Gasteiger partial charge in [0, 0.05) is 0 Å². The second-order valence-electron chi connectivity index (χ2n) is 3.07. The van der Waals surface area contributed by atoms with E-state index in [1.54, 1.807) is 12.5 Å². The summed E-state index contributed by atoms with van der Waals surface area (Å²) < 4.78 is 1.95. The number of nitrogens with zero attached hydrogens (tertiary/aromatic N) is 2. The molecule has 1 amide bonds. The molecule has 3 rings (SSSR count). The highest BCUT2D eigenvalue weighted by Crippen LogP contribution is 2.24. The number of thiophene rings is 1. The van der Waals surface area contributed by atoms with Crippen molar-refractivity contribution >= 4 is 17.2 Å². The number of aromatic nitrogens is 2. The molecule has 0 aromatic carbocycles. The van der Waals surface area contributed by atoms with Gasteiger partial charge in [0.2, 0.25) is 0 Å². The monoisotopic (exact) mass is 205 g/mol. The molecule has 0 bridgehead atoms. The van der Waals surface area contributed by atoms with Crippen LogP contribution in [0.15, 0.2) is 24.0 Å². The van der Waals surface area contributed by atoms with E-state index in [9.17, 15) is 4.79 Å². The van der Waals surface area contributed by atoms with E-state index in [-0.39, 0.29) is 5.91 Å². The maximum Gasteiger partial charge on any atom is 0.263 e. The summed E-state index contributed by atoms with van der Waals surface area (Å²) in [5.74, 6) is -0.00120. The Labute approximate surface area is 84.2 Å². The third kappa shape index (κ3) is 0.927. The lowest BCUT2D eigenvalue weighted by Crippen LogP contribution is -2.20. The first kappa shape index (κ1) is 7.75. The Morgan fingerprint density at radius 2 is 2.50 bits per heavy atom. The third-order valence-corrected chi connectivity index (χ3v) is 3.16. The number of carbonyl (C=O) groups is 1. The van der Waals surface area contributed by atoms with Gasteiger partial charge in [-0.3, -0.25) is 9.36 Å². The molecule has 14 heavy (non-hydrogen) atoms. The second kappa shape index (κ2) is 2.68. The van der Waals surface area contributed by atoms with E-state index < -0.39 is 0 Å². The van der Waals surface area contributed by atoms with Crippen molar-refractivity contribution in [3.05, 3.63) is 34.5 Å². The summed E-state index contributed by atoms with van der Waals surface area (Å²) in [6.45, 7) is 0.542. The Bertz CT molecular complexity index is 500. The number of fused-ring (bicyclic) bond motifs is 3. The molecule has 5 heteroatoms. The van der Waals surface area contributed by atoms with Crippen molar-refractivity contribution < 1.29 is 4.79 Å². The number of carbonyl (C=O) groups excluding carboxylic acids is 1. The van der Waals surface area contributed by atoms with Gasteiger partial charge in [-0.05, 0) is 11.4 Å². The van der Waals surface area contributed by atoms with Gasteiger partial charge in [0.25, 0.3) is 5.91 Å². The fourth-order valence-electron chi connectivity index (χ4n) is 1.58. The smallest absolute Gasteiger partial charge is 0.263 e. The van der Waals surface area contributed by atoms with Crippen molar-refractivity contribution in [3.8, 4) is 5.69 Å². The minimum absolute atomic E-state index is 0.00120. The maximum absolute atomic E-state index is 11.6. The first-order valence-electron chi connectivity index (χ1n) is 4.23. The number of rotatable bonds is 0. The van der Waals surface area contributed by atoms with E-state index in [1.165, 1.54) is 11.3 Å². The van der Waals surface area contributed by atoms with E-state index in [1.807, 2.05) is 16.0 Å². The molecule has 0 unspecified atom stereocenters. The predicted octanol–water partition coefficient (Wildman–Crippen LogP) is 1.18. The average Bonchev–Trinajstić information content (AvgIpc) is 2.80. The van der Waals surface area contributed by atoms with Gasteiger partial charge in [0.15, 0.2) is 0 Å². The molecular formula is C9H7N3OS. The molecule has 0 spiro atoms. The lowest BCUT2D eigenvalue weighted by molar-refractivity contribution is 0.0956. The van der Waals surface area contributed by atoms with Gasteiger partial charge in [-0.1, -0.05) is 0 Å². The molecule has 1 aliphatic heterocycles. The molecule has 1 N–H and O–H groups in total. The van der Waals surface area contributed by atoms with Crippen LogP contribution in [0.5, 0.6) is 0 Å². The number of hydrogen-bond acceptors (Lipinski definition) is 3. The highest BCUT2D eigenvalue weighted by molar-refractivity contribution is 7.12. The largest absolute Gasteiger partial charge is 0.346 e. The van der Waals surface area contributed by atoms with E-state index in [4.69, 9.17) is 0 Å². The second-order valence-corrected chi connectivity index (χ2v) is 3.99. The minimum Gasteiger partial charge on any atom is -0.346 e. The number of amides is 1. The lowest BCUT2D eigenvalue weighted by Gasteiger charge is -2.00. The zero-order valence-electron chi connectivity index (χ0n) is 7.23. The first-order valence-corrected chi connectivity index (χ1v) is 5.11. The SMILES string of the molecule is O=C1NCc2cncn2-c2ccsc21. The van der Waals surface area contributed by atoms with Crippen molar-refractivity contribution in [1.82, 2.24) is 14.9 Å². The summed E-state index contributed by atoms with van der Waals surface area (Å²) in [7, 11) is 0. The molecule has 70 valence electrons. The Hall–Kier alpha value is -1.62. The topological polar surface area (TPSA) is 46.9 Å². The van der Waals surface area contributed by atoms with E-state index in [2.05, 4.69) is 10.3 Å². The molecule has 0 aliphatic carbocycles. The molecule has 0 saturated carbocycles. The van der Waals surface area contributed by atoms with Gasteiger partial charge in [-0.25, -0.2) is 4.98 Å². The zero-order chi connectivity index (χ0) is 9.54. The van der Waals surface area contributed by atoms with Gasteiger partial charge in [0.05, 0.1) is 30.5 Å². The van der Waals surface area contributed by atoms with Gasteiger partial charge in [-0.15, -0.1) is 11.3 Å². The van der Waals surface area contributed by atoms with Crippen LogP contribution >= 0.6 is 11.3 Å². The van der Waals surface area contributed by atoms with Crippen molar-refractivity contribution in [3.63, 3.8) is 0 Å². The van der Waals surface area contributed by atoms with E-state index in [0.29, 0.717) is 6.54 Å². The van der Waals surface area contributed by atoms with Crippen LogP contribution in [-0.2, 0) is 6.54 Å². The fourth-order valence-corrected chi connectivity index (χ4v) is 2.38. The Kier molecular flexibility index (Phi) is 1.49. The highest BCUT2D eigenvalue weighted by atomic mass is 32.1. The molecule has 4 nitrogen and oxygen atoms in total. The Morgan fingerprint density at radius 1 is 1.57 bits per heavy atom. The molecule has 2 aromatic rings. The molecule has 2 aromatic heterocycles. The lowest BCUT2D eigenvalue weighted by atomic mass is 10.4. The standard InChI is InChI=1S/C9H7N3OS/c13-9-8-7(1-2-14-8)12-5-10-3-6(12)4-11-9/h1-3,5H,4H2,(H,11,13). The van der Waals surface area contributed by atoms with Crippen molar-refractivity contribution in [2.75, 3.05) is 0 Å². The molecule has 0 saturated heterocycles. The molecule has 0 fully saturated rings. The highest BCUT2D eigenvalue weighted by Gasteiger charge is 2.20. The number of imidazole rings is 1. The molecule has 3 heterocycles. The van der Waals surface area contributed by atoms with Crippen LogP contribution in [0.4, 0.5) is 0 Å². The van der Waals surface area contributed by atoms with Crippen LogP contribution in [0.1, 0.15) is 15.4 Å². The van der Waals surface area contributed by atoms with Crippen LogP contribution < -0.4 is 5.32 Å². The van der Waals surface area contributed by atoms with Crippen LogP contribution in [0.25, 0.3) is 5.69 Å².